The molecule has 0 spiro atoms. The van der Waals surface area contributed by atoms with E-state index in [-0.39, 0.29) is 0 Å². The van der Waals surface area contributed by atoms with Crippen LogP contribution in [0.5, 0.6) is 0 Å². The van der Waals surface area contributed by atoms with Gasteiger partial charge in [0, 0.05) is 0 Å². The Balaban J connectivity index is 2.86. The van der Waals surface area contributed by atoms with Crippen LogP contribution >= 0.6 is 0 Å². The van der Waals surface area contributed by atoms with Crippen LogP contribution in [0.1, 0.15) is 0 Å². The van der Waals surface area contributed by atoms with Gasteiger partial charge in [-0.2, -0.15) is 0 Å². The molecule has 0 atom stereocenters. The fraction of sp³-hybridized carbons (Fsp3) is 0. The average molecular weight is 150 g/mol. The van der Waals surface area contributed by atoms with Gasteiger partial charge in [0.1, 0.15) is 5.52 Å². The summed E-state index contributed by atoms with van der Waals surface area (Å²) in [4.78, 5) is 15.1. The smallest absolute Gasteiger partial charge is 0.180 e. The van der Waals surface area contributed by atoms with Crippen molar-refractivity contribution in [2.24, 2.45) is 0 Å². The number of fused-ring (bicyclic) bond motifs is 1. The van der Waals surface area contributed by atoms with Gasteiger partial charge >= 0.3 is 0 Å². The number of nitrogens with one attached hydrogen (secondary N) is 1. The quantitative estimate of drug-likeness (QED) is 0.457. The fourth-order valence-corrected chi connectivity index (χ4v) is 1.16. The van der Waals surface area contributed by atoms with Crippen molar-refractivity contribution in [3.05, 3.63) is 12.5 Å². The third-order valence-corrected chi connectivity index (χ3v) is 1.78. The van der Waals surface area contributed by atoms with Crippen LogP contribution in [0.15, 0.2) is 12.5 Å². The van der Waals surface area contributed by atoms with Crippen LogP contribution in [0.25, 0.3) is 11.2 Å². The summed E-state index contributed by atoms with van der Waals surface area (Å²) >= 11 is 0. The van der Waals surface area contributed by atoms with Crippen LogP contribution in [0, 0.1) is 0 Å². The number of aromatic amines is 1. The standard InChI is InChI=1S/C5H6N4Si/c10-5-6-1-3-4(9-5)8-2-7-3/h1-2H,10H3,(H,6,7,8,9). The van der Waals surface area contributed by atoms with Crippen LogP contribution in [0.2, 0.25) is 0 Å². The second-order valence-electron chi connectivity index (χ2n) is 2.06. The van der Waals surface area contributed by atoms with Crippen LogP contribution in [-0.2, 0) is 0 Å². The Labute approximate surface area is 60.2 Å². The molecular formula is C5H6N4Si. The van der Waals surface area contributed by atoms with Crippen molar-refractivity contribution in [2.75, 3.05) is 0 Å². The number of aromatic nitrogens is 4. The van der Waals surface area contributed by atoms with Crippen LogP contribution in [-0.4, -0.2) is 30.2 Å². The molecule has 0 aliphatic heterocycles. The van der Waals surface area contributed by atoms with Gasteiger partial charge in [0.25, 0.3) is 0 Å². The molecule has 0 bridgehead atoms. The maximum absolute atomic E-state index is 4.14. The number of nitrogens with zero attached hydrogens (tertiary/aromatic N) is 3. The number of H-pyrrole nitrogens is 1. The van der Waals surface area contributed by atoms with E-state index in [0.717, 1.165) is 26.9 Å². The lowest BCUT2D eigenvalue weighted by atomic mass is 10.6. The summed E-state index contributed by atoms with van der Waals surface area (Å²) < 4.78 is 0. The molecule has 0 aliphatic rings. The van der Waals surface area contributed by atoms with Crippen molar-refractivity contribution in [3.63, 3.8) is 0 Å². The van der Waals surface area contributed by atoms with Crippen molar-refractivity contribution in [2.45, 2.75) is 0 Å². The first-order chi connectivity index (χ1) is 4.86. The van der Waals surface area contributed by atoms with Gasteiger partial charge in [-0.25, -0.2) is 15.0 Å². The third-order valence-electron chi connectivity index (χ3n) is 1.30. The van der Waals surface area contributed by atoms with Gasteiger partial charge in [-0.1, -0.05) is 0 Å². The van der Waals surface area contributed by atoms with E-state index in [0.29, 0.717) is 0 Å². The largest absolute Gasteiger partial charge is 0.342 e. The van der Waals surface area contributed by atoms with E-state index in [1.165, 1.54) is 0 Å². The van der Waals surface area contributed by atoms with Gasteiger partial charge in [-0.15, -0.1) is 0 Å². The third kappa shape index (κ3) is 0.713. The Bertz CT molecular complexity index is 355. The monoisotopic (exact) mass is 150 g/mol. The van der Waals surface area contributed by atoms with Crippen LogP contribution < -0.4 is 5.45 Å². The molecule has 2 aromatic heterocycles. The molecule has 50 valence electrons. The predicted molar refractivity (Wildman–Crippen MR) is 41.3 cm³/mol. The van der Waals surface area contributed by atoms with Gasteiger partial charge in [0.2, 0.25) is 0 Å². The molecule has 2 aromatic rings. The van der Waals surface area contributed by atoms with Crippen molar-refractivity contribution in [3.8, 4) is 0 Å². The molecule has 1 N–H and O–H groups in total. The summed E-state index contributed by atoms with van der Waals surface area (Å²) in [5.74, 6) is 0. The fourth-order valence-electron chi connectivity index (χ4n) is 0.821. The molecular weight excluding hydrogens is 144 g/mol. The molecule has 10 heavy (non-hydrogen) atoms. The minimum atomic E-state index is 0.764. The second kappa shape index (κ2) is 1.88. The Morgan fingerprint density at radius 2 is 2.30 bits per heavy atom. The van der Waals surface area contributed by atoms with Gasteiger partial charge in [-0.05, 0) is 0 Å². The first kappa shape index (κ1) is 5.54. The molecule has 2 heterocycles. The van der Waals surface area contributed by atoms with E-state index in [1.54, 1.807) is 12.5 Å². The van der Waals surface area contributed by atoms with Crippen LogP contribution in [0.4, 0.5) is 0 Å². The summed E-state index contributed by atoms with van der Waals surface area (Å²) in [6.45, 7) is 0. The van der Waals surface area contributed by atoms with E-state index in [9.17, 15) is 0 Å². The molecule has 0 fully saturated rings. The number of hydrogen-bond donors (Lipinski definition) is 1. The predicted octanol–water partition coefficient (Wildman–Crippen LogP) is -1.66. The Morgan fingerprint density at radius 1 is 1.40 bits per heavy atom. The molecule has 4 nitrogen and oxygen atoms in total. The SMILES string of the molecule is [SiH3]c1ncc2[nH]cnc2n1. The maximum Gasteiger partial charge on any atom is 0.180 e. The number of imidazole rings is 1. The second-order valence-corrected chi connectivity index (χ2v) is 2.95. The Morgan fingerprint density at radius 3 is 3.20 bits per heavy atom. The van der Waals surface area contributed by atoms with E-state index >= 15 is 0 Å². The first-order valence-electron chi connectivity index (χ1n) is 2.99. The lowest BCUT2D eigenvalue weighted by Gasteiger charge is -1.87. The molecule has 5 heteroatoms. The zero-order valence-corrected chi connectivity index (χ0v) is 7.50. The van der Waals surface area contributed by atoms with E-state index in [1.807, 2.05) is 0 Å². The number of hydrogen-bond acceptors (Lipinski definition) is 3. The molecule has 0 radical (unpaired) electrons. The van der Waals surface area contributed by atoms with Gasteiger partial charge in [0.15, 0.2) is 5.65 Å². The van der Waals surface area contributed by atoms with Crippen molar-refractivity contribution < 1.29 is 0 Å². The van der Waals surface area contributed by atoms with Gasteiger partial charge < -0.3 is 4.98 Å². The summed E-state index contributed by atoms with van der Waals surface area (Å²) in [7, 11) is 0.879. The molecule has 0 unspecified atom stereocenters. The minimum Gasteiger partial charge on any atom is -0.342 e. The average Bonchev–Trinajstić information content (AvgIpc) is 2.33. The molecule has 0 saturated carbocycles. The van der Waals surface area contributed by atoms with E-state index in [2.05, 4.69) is 19.9 Å². The molecule has 0 saturated heterocycles. The normalized spacial score (nSPS) is 10.8. The summed E-state index contributed by atoms with van der Waals surface area (Å²) in [5, 5.41) is 0. The lowest BCUT2D eigenvalue weighted by molar-refractivity contribution is 1.27. The van der Waals surface area contributed by atoms with Crippen molar-refractivity contribution >= 4 is 26.9 Å². The lowest BCUT2D eigenvalue weighted by Crippen LogP contribution is -2.11. The molecule has 0 aromatic carbocycles. The highest BCUT2D eigenvalue weighted by Gasteiger charge is 1.95. The van der Waals surface area contributed by atoms with E-state index < -0.39 is 0 Å². The highest BCUT2D eigenvalue weighted by atomic mass is 28.1. The summed E-state index contributed by atoms with van der Waals surface area (Å²) in [6.07, 6.45) is 3.39. The highest BCUT2D eigenvalue weighted by molar-refractivity contribution is 6.29. The van der Waals surface area contributed by atoms with Crippen LogP contribution in [0.3, 0.4) is 0 Å². The van der Waals surface area contributed by atoms with Gasteiger partial charge in [-0.3, -0.25) is 0 Å². The highest BCUT2D eigenvalue weighted by Crippen LogP contribution is 1.98. The maximum atomic E-state index is 4.14. The van der Waals surface area contributed by atoms with Crippen molar-refractivity contribution in [1.29, 1.82) is 0 Å². The van der Waals surface area contributed by atoms with Crippen molar-refractivity contribution in [1.82, 2.24) is 19.9 Å². The zero-order chi connectivity index (χ0) is 6.97. The zero-order valence-electron chi connectivity index (χ0n) is 5.50. The minimum absolute atomic E-state index is 0.764. The molecule has 0 aliphatic carbocycles. The van der Waals surface area contributed by atoms with E-state index in [4.69, 9.17) is 0 Å². The topological polar surface area (TPSA) is 54.5 Å². The summed E-state index contributed by atoms with van der Waals surface area (Å²) in [6, 6.07) is 0. The first-order valence-corrected chi connectivity index (χ1v) is 3.99. The number of rotatable bonds is 0. The Kier molecular flexibility index (Phi) is 1.04. The van der Waals surface area contributed by atoms with Gasteiger partial charge in [0.05, 0.1) is 28.2 Å². The molecule has 0 amide bonds. The molecule has 2 rings (SSSR count). The Hall–Kier alpha value is -1.23. The summed E-state index contributed by atoms with van der Waals surface area (Å²) in [5.41, 5.74) is 2.55.